The smallest absolute Gasteiger partial charge is 0.321 e. The highest BCUT2D eigenvalue weighted by Gasteiger charge is 2.22. The van der Waals surface area contributed by atoms with Crippen LogP contribution in [0.15, 0.2) is 42.5 Å². The van der Waals surface area contributed by atoms with Crippen molar-refractivity contribution < 1.29 is 9.53 Å². The zero-order chi connectivity index (χ0) is 23.5. The molecule has 3 heterocycles. The lowest BCUT2D eigenvalue weighted by atomic mass is 10.1. The summed E-state index contributed by atoms with van der Waals surface area (Å²) in [5.41, 5.74) is 4.41. The molecule has 0 unspecified atom stereocenters. The summed E-state index contributed by atoms with van der Waals surface area (Å²) in [5, 5.41) is 13.8. The van der Waals surface area contributed by atoms with Crippen LogP contribution in [-0.4, -0.2) is 54.8 Å². The van der Waals surface area contributed by atoms with Gasteiger partial charge in [0.1, 0.15) is 11.8 Å². The summed E-state index contributed by atoms with van der Waals surface area (Å²) in [7, 11) is 0. The SMILES string of the molecule is CCn1c(-c2ccc(N3CCNC3=O)cc2)c(C#N)c2ccc(OCCCN3CCCC3)cc21. The largest absolute Gasteiger partial charge is 0.493 e. The predicted molar refractivity (Wildman–Crippen MR) is 134 cm³/mol. The van der Waals surface area contributed by atoms with E-state index in [0.717, 1.165) is 53.1 Å². The monoisotopic (exact) mass is 457 g/mol. The highest BCUT2D eigenvalue weighted by molar-refractivity contribution is 5.96. The summed E-state index contributed by atoms with van der Waals surface area (Å²) in [5.74, 6) is 0.840. The Balaban J connectivity index is 1.40. The van der Waals surface area contributed by atoms with Crippen LogP contribution in [0.3, 0.4) is 0 Å². The standard InChI is InChI=1S/C27H31N5O2/c1-2-31-25-18-22(34-17-5-15-30-13-3-4-14-30)10-11-23(25)24(19-28)26(31)20-6-8-21(9-7-20)32-16-12-29-27(32)33/h6-11,18H,2-5,12-17H2,1H3,(H,29,33). The van der Waals surface area contributed by atoms with Crippen LogP contribution < -0.4 is 15.0 Å². The number of carbonyl (C=O) groups is 1. The molecule has 2 aliphatic heterocycles. The number of nitrogens with one attached hydrogen (secondary N) is 1. The zero-order valence-electron chi connectivity index (χ0n) is 19.7. The van der Waals surface area contributed by atoms with Crippen molar-refractivity contribution >= 4 is 22.6 Å². The first-order chi connectivity index (χ1) is 16.7. The molecule has 7 heteroatoms. The van der Waals surface area contributed by atoms with E-state index in [0.29, 0.717) is 25.3 Å². The Bertz CT molecular complexity index is 1220. The van der Waals surface area contributed by atoms with Gasteiger partial charge >= 0.3 is 6.03 Å². The fourth-order valence-corrected chi connectivity index (χ4v) is 5.16. The van der Waals surface area contributed by atoms with Crippen molar-refractivity contribution in [1.82, 2.24) is 14.8 Å². The minimum atomic E-state index is -0.0684. The van der Waals surface area contributed by atoms with Gasteiger partial charge < -0.3 is 19.5 Å². The molecule has 3 aromatic rings. The lowest BCUT2D eigenvalue weighted by molar-refractivity contribution is 0.252. The van der Waals surface area contributed by atoms with Gasteiger partial charge in [0.05, 0.1) is 23.4 Å². The number of aryl methyl sites for hydroxylation is 1. The second-order valence-electron chi connectivity index (χ2n) is 8.94. The Morgan fingerprint density at radius 2 is 1.88 bits per heavy atom. The fourth-order valence-electron chi connectivity index (χ4n) is 5.16. The number of anilines is 1. The van der Waals surface area contributed by atoms with Gasteiger partial charge in [0.15, 0.2) is 0 Å². The average molecular weight is 458 g/mol. The van der Waals surface area contributed by atoms with Crippen LogP contribution in [0.5, 0.6) is 5.75 Å². The maximum absolute atomic E-state index is 12.0. The van der Waals surface area contributed by atoms with Gasteiger partial charge in [-0.3, -0.25) is 4.90 Å². The number of nitriles is 1. The normalized spacial score (nSPS) is 16.2. The first-order valence-electron chi connectivity index (χ1n) is 12.3. The number of benzene rings is 2. The van der Waals surface area contributed by atoms with Crippen LogP contribution in [0.1, 0.15) is 31.7 Å². The lowest BCUT2D eigenvalue weighted by Gasteiger charge is -2.15. The number of urea groups is 1. The minimum Gasteiger partial charge on any atom is -0.493 e. The molecule has 2 fully saturated rings. The molecular weight excluding hydrogens is 426 g/mol. The third-order valence-corrected chi connectivity index (χ3v) is 6.86. The number of ether oxygens (including phenoxy) is 1. The van der Waals surface area contributed by atoms with E-state index in [1.54, 1.807) is 4.90 Å². The second kappa shape index (κ2) is 9.78. The number of hydrogen-bond acceptors (Lipinski definition) is 4. The van der Waals surface area contributed by atoms with E-state index < -0.39 is 0 Å². The Morgan fingerprint density at radius 3 is 2.56 bits per heavy atom. The van der Waals surface area contributed by atoms with Gasteiger partial charge in [-0.2, -0.15) is 5.26 Å². The molecule has 2 amide bonds. The molecule has 34 heavy (non-hydrogen) atoms. The number of hydrogen-bond donors (Lipinski definition) is 1. The minimum absolute atomic E-state index is 0.0684. The van der Waals surface area contributed by atoms with E-state index in [-0.39, 0.29) is 6.03 Å². The van der Waals surface area contributed by atoms with E-state index >= 15 is 0 Å². The lowest BCUT2D eigenvalue weighted by Crippen LogP contribution is -2.27. The topological polar surface area (TPSA) is 73.5 Å². The molecule has 1 aromatic heterocycles. The molecule has 0 bridgehead atoms. The van der Waals surface area contributed by atoms with Gasteiger partial charge in [-0.25, -0.2) is 4.79 Å². The molecule has 0 radical (unpaired) electrons. The number of rotatable bonds is 8. The molecule has 0 atom stereocenters. The van der Waals surface area contributed by atoms with Crippen LogP contribution in [0, 0.1) is 11.3 Å². The number of likely N-dealkylation sites (tertiary alicyclic amines) is 1. The molecule has 2 aromatic carbocycles. The first-order valence-corrected chi connectivity index (χ1v) is 12.3. The average Bonchev–Trinajstić information content (AvgIpc) is 3.60. The molecule has 7 nitrogen and oxygen atoms in total. The maximum Gasteiger partial charge on any atom is 0.321 e. The second-order valence-corrected chi connectivity index (χ2v) is 8.94. The summed E-state index contributed by atoms with van der Waals surface area (Å²) in [6.45, 7) is 8.36. The van der Waals surface area contributed by atoms with E-state index in [1.165, 1.54) is 25.9 Å². The summed E-state index contributed by atoms with van der Waals surface area (Å²) in [6.07, 6.45) is 3.64. The number of fused-ring (bicyclic) bond motifs is 1. The van der Waals surface area contributed by atoms with E-state index in [9.17, 15) is 10.1 Å². The van der Waals surface area contributed by atoms with Crippen molar-refractivity contribution in [2.75, 3.05) is 44.2 Å². The van der Waals surface area contributed by atoms with Crippen molar-refractivity contribution in [1.29, 1.82) is 5.26 Å². The van der Waals surface area contributed by atoms with Crippen molar-refractivity contribution in [3.63, 3.8) is 0 Å². The van der Waals surface area contributed by atoms with Crippen molar-refractivity contribution in [3.05, 3.63) is 48.0 Å². The van der Waals surface area contributed by atoms with Gasteiger partial charge in [0.25, 0.3) is 0 Å². The zero-order valence-corrected chi connectivity index (χ0v) is 19.7. The molecular formula is C27H31N5O2. The van der Waals surface area contributed by atoms with Gasteiger partial charge in [-0.1, -0.05) is 12.1 Å². The highest BCUT2D eigenvalue weighted by atomic mass is 16.5. The third-order valence-electron chi connectivity index (χ3n) is 6.86. The van der Waals surface area contributed by atoms with Gasteiger partial charge in [0, 0.05) is 43.3 Å². The van der Waals surface area contributed by atoms with E-state index in [2.05, 4.69) is 33.8 Å². The Labute approximate surface area is 200 Å². The summed E-state index contributed by atoms with van der Waals surface area (Å²) in [4.78, 5) is 16.2. The van der Waals surface area contributed by atoms with Crippen LogP contribution in [0.2, 0.25) is 0 Å². The predicted octanol–water partition coefficient (Wildman–Crippen LogP) is 4.59. The van der Waals surface area contributed by atoms with Crippen LogP contribution in [0.25, 0.3) is 22.2 Å². The molecule has 0 aliphatic carbocycles. The summed E-state index contributed by atoms with van der Waals surface area (Å²) >= 11 is 0. The van der Waals surface area contributed by atoms with Crippen molar-refractivity contribution in [2.45, 2.75) is 32.7 Å². The number of nitrogens with zero attached hydrogens (tertiary/aromatic N) is 4. The van der Waals surface area contributed by atoms with Gasteiger partial charge in [-0.05, 0) is 69.1 Å². The number of amides is 2. The fraction of sp³-hybridized carbons (Fsp3) is 0.407. The van der Waals surface area contributed by atoms with Crippen LogP contribution >= 0.6 is 0 Å². The third kappa shape index (κ3) is 4.22. The Kier molecular flexibility index (Phi) is 6.41. The van der Waals surface area contributed by atoms with Crippen LogP contribution in [0.4, 0.5) is 10.5 Å². The van der Waals surface area contributed by atoms with E-state index in [4.69, 9.17) is 4.74 Å². The first kappa shape index (κ1) is 22.3. The number of aromatic nitrogens is 1. The summed E-state index contributed by atoms with van der Waals surface area (Å²) in [6, 6.07) is 16.3. The van der Waals surface area contributed by atoms with Gasteiger partial charge in [-0.15, -0.1) is 0 Å². The molecule has 176 valence electrons. The molecule has 0 spiro atoms. The van der Waals surface area contributed by atoms with Crippen molar-refractivity contribution in [3.8, 4) is 23.1 Å². The Morgan fingerprint density at radius 1 is 1.09 bits per heavy atom. The molecule has 0 saturated carbocycles. The molecule has 1 N–H and O–H groups in total. The maximum atomic E-state index is 12.0. The van der Waals surface area contributed by atoms with Gasteiger partial charge in [0.2, 0.25) is 0 Å². The van der Waals surface area contributed by atoms with Crippen LogP contribution in [-0.2, 0) is 6.54 Å². The highest BCUT2D eigenvalue weighted by Crippen LogP contribution is 2.36. The quantitative estimate of drug-likeness (QED) is 0.502. The molecule has 5 rings (SSSR count). The Hall–Kier alpha value is -3.50. The molecule has 2 aliphatic rings. The molecule has 2 saturated heterocycles. The number of carbonyl (C=O) groups excluding carboxylic acids is 1. The van der Waals surface area contributed by atoms with E-state index in [1.807, 2.05) is 36.4 Å². The summed E-state index contributed by atoms with van der Waals surface area (Å²) < 4.78 is 8.26. The van der Waals surface area contributed by atoms with Crippen molar-refractivity contribution in [2.24, 2.45) is 0 Å².